The van der Waals surface area contributed by atoms with Crippen LogP contribution in [0.2, 0.25) is 0 Å². The zero-order valence-corrected chi connectivity index (χ0v) is 11.1. The summed E-state index contributed by atoms with van der Waals surface area (Å²) < 4.78 is 0. The predicted molar refractivity (Wildman–Crippen MR) is 74.2 cm³/mol. The first kappa shape index (κ1) is 12.4. The molecule has 98 valence electrons. The number of carbonyl (C=O) groups excluding carboxylic acids is 1. The summed E-state index contributed by atoms with van der Waals surface area (Å²) in [5.74, 6) is 0.461. The number of nitrogens with zero attached hydrogens (tertiary/aromatic N) is 2. The number of rotatable bonds is 4. The number of nitrogens with one attached hydrogen (secondary N) is 1. The molecule has 1 saturated carbocycles. The summed E-state index contributed by atoms with van der Waals surface area (Å²) in [6.45, 7) is 0.517. The van der Waals surface area contributed by atoms with Gasteiger partial charge in [0.05, 0.1) is 16.4 Å². The molecule has 19 heavy (non-hydrogen) atoms. The van der Waals surface area contributed by atoms with Crippen LogP contribution in [0.1, 0.15) is 23.2 Å². The number of halogens is 1. The summed E-state index contributed by atoms with van der Waals surface area (Å²) >= 11 is 6.17. The van der Waals surface area contributed by atoms with Crippen LogP contribution in [0.3, 0.4) is 0 Å². The SMILES string of the molecule is O=C(NCC(Cl)C1CC1)c1ccc2nccnc2c1. The van der Waals surface area contributed by atoms with Crippen molar-refractivity contribution in [1.29, 1.82) is 0 Å². The van der Waals surface area contributed by atoms with E-state index in [9.17, 15) is 4.79 Å². The van der Waals surface area contributed by atoms with E-state index in [1.807, 2.05) is 0 Å². The number of alkyl halides is 1. The maximum Gasteiger partial charge on any atom is 0.251 e. The topological polar surface area (TPSA) is 54.9 Å². The number of amides is 1. The fourth-order valence-electron chi connectivity index (χ4n) is 2.02. The van der Waals surface area contributed by atoms with Crippen LogP contribution in [0.15, 0.2) is 30.6 Å². The van der Waals surface area contributed by atoms with Crippen molar-refractivity contribution in [2.24, 2.45) is 5.92 Å². The van der Waals surface area contributed by atoms with Crippen molar-refractivity contribution in [2.75, 3.05) is 6.54 Å². The van der Waals surface area contributed by atoms with Gasteiger partial charge in [-0.1, -0.05) is 0 Å². The lowest BCUT2D eigenvalue weighted by atomic mass is 10.1. The van der Waals surface area contributed by atoms with E-state index in [-0.39, 0.29) is 11.3 Å². The van der Waals surface area contributed by atoms with Crippen LogP contribution in [-0.2, 0) is 0 Å². The Hall–Kier alpha value is -1.68. The zero-order valence-electron chi connectivity index (χ0n) is 10.3. The molecule has 0 saturated heterocycles. The van der Waals surface area contributed by atoms with E-state index >= 15 is 0 Å². The van der Waals surface area contributed by atoms with Gasteiger partial charge in [-0.25, -0.2) is 0 Å². The van der Waals surface area contributed by atoms with Gasteiger partial charge >= 0.3 is 0 Å². The first-order valence-electron chi connectivity index (χ1n) is 6.37. The highest BCUT2D eigenvalue weighted by atomic mass is 35.5. The van der Waals surface area contributed by atoms with Crippen LogP contribution >= 0.6 is 11.6 Å². The van der Waals surface area contributed by atoms with Gasteiger partial charge < -0.3 is 5.32 Å². The average molecular weight is 276 g/mol. The largest absolute Gasteiger partial charge is 0.351 e. The molecule has 2 aromatic rings. The van der Waals surface area contributed by atoms with Gasteiger partial charge in [-0.2, -0.15) is 0 Å². The van der Waals surface area contributed by atoms with Gasteiger partial charge in [0.15, 0.2) is 0 Å². The standard InChI is InChI=1S/C14H14ClN3O/c15-11(9-1-2-9)8-18-14(19)10-3-4-12-13(7-10)17-6-5-16-12/h3-7,9,11H,1-2,8H2,(H,18,19). The van der Waals surface area contributed by atoms with E-state index in [0.29, 0.717) is 18.0 Å². The van der Waals surface area contributed by atoms with Crippen molar-refractivity contribution in [3.05, 3.63) is 36.2 Å². The van der Waals surface area contributed by atoms with Crippen molar-refractivity contribution in [2.45, 2.75) is 18.2 Å². The Labute approximate surface area is 116 Å². The molecular weight excluding hydrogens is 262 g/mol. The fourth-order valence-corrected chi connectivity index (χ4v) is 2.35. The molecular formula is C14H14ClN3O. The van der Waals surface area contributed by atoms with Gasteiger partial charge in [-0.05, 0) is 37.0 Å². The summed E-state index contributed by atoms with van der Waals surface area (Å²) in [7, 11) is 0. The third-order valence-electron chi connectivity index (χ3n) is 3.32. The monoisotopic (exact) mass is 275 g/mol. The number of carbonyl (C=O) groups is 1. The van der Waals surface area contributed by atoms with Crippen LogP contribution in [-0.4, -0.2) is 27.8 Å². The van der Waals surface area contributed by atoms with Crippen LogP contribution in [0.25, 0.3) is 11.0 Å². The summed E-state index contributed by atoms with van der Waals surface area (Å²) in [5.41, 5.74) is 2.10. The predicted octanol–water partition coefficient (Wildman–Crippen LogP) is 2.38. The Bertz CT molecular complexity index is 612. The maximum atomic E-state index is 12.0. The molecule has 1 aliphatic carbocycles. The maximum absolute atomic E-state index is 12.0. The number of hydrogen-bond donors (Lipinski definition) is 1. The summed E-state index contributed by atoms with van der Waals surface area (Å²) in [6.07, 6.45) is 5.60. The molecule has 1 amide bonds. The second kappa shape index (κ2) is 5.13. The molecule has 0 radical (unpaired) electrons. The molecule has 1 aromatic carbocycles. The second-order valence-electron chi connectivity index (χ2n) is 4.82. The highest BCUT2D eigenvalue weighted by Gasteiger charge is 2.29. The first-order chi connectivity index (χ1) is 9.24. The lowest BCUT2D eigenvalue weighted by molar-refractivity contribution is 0.0953. The molecule has 0 spiro atoms. The number of aromatic nitrogens is 2. The molecule has 1 aliphatic rings. The molecule has 1 unspecified atom stereocenters. The molecule has 1 fully saturated rings. The van der Waals surface area contributed by atoms with Gasteiger partial charge in [0, 0.05) is 24.5 Å². The molecule has 5 heteroatoms. The van der Waals surface area contributed by atoms with Gasteiger partial charge in [0.2, 0.25) is 0 Å². The van der Waals surface area contributed by atoms with E-state index < -0.39 is 0 Å². The Morgan fingerprint density at radius 1 is 1.32 bits per heavy atom. The molecule has 0 bridgehead atoms. The quantitative estimate of drug-likeness (QED) is 0.872. The van der Waals surface area contributed by atoms with E-state index in [1.54, 1.807) is 30.6 Å². The van der Waals surface area contributed by atoms with E-state index in [0.717, 1.165) is 11.0 Å². The molecule has 3 rings (SSSR count). The molecule has 4 nitrogen and oxygen atoms in total. The molecule has 0 aliphatic heterocycles. The molecule has 1 atom stereocenters. The highest BCUT2D eigenvalue weighted by Crippen LogP contribution is 2.35. The second-order valence-corrected chi connectivity index (χ2v) is 5.38. The minimum absolute atomic E-state index is 0.0456. The Morgan fingerprint density at radius 3 is 2.79 bits per heavy atom. The Kier molecular flexibility index (Phi) is 3.34. The zero-order chi connectivity index (χ0) is 13.2. The first-order valence-corrected chi connectivity index (χ1v) is 6.81. The van der Waals surface area contributed by atoms with Crippen molar-refractivity contribution in [3.8, 4) is 0 Å². The Balaban J connectivity index is 1.70. The summed E-state index contributed by atoms with van der Waals surface area (Å²) in [4.78, 5) is 20.4. The van der Waals surface area contributed by atoms with E-state index in [2.05, 4.69) is 15.3 Å². The minimum atomic E-state index is -0.112. The van der Waals surface area contributed by atoms with Gasteiger partial charge in [0.1, 0.15) is 0 Å². The van der Waals surface area contributed by atoms with Crippen LogP contribution in [0.4, 0.5) is 0 Å². The van der Waals surface area contributed by atoms with Gasteiger partial charge in [-0.15, -0.1) is 11.6 Å². The van der Waals surface area contributed by atoms with E-state index in [4.69, 9.17) is 11.6 Å². The fraction of sp³-hybridized carbons (Fsp3) is 0.357. The van der Waals surface area contributed by atoms with Crippen LogP contribution in [0.5, 0.6) is 0 Å². The normalized spacial score (nSPS) is 16.3. The molecule has 1 N–H and O–H groups in total. The van der Waals surface area contributed by atoms with Crippen LogP contribution < -0.4 is 5.32 Å². The van der Waals surface area contributed by atoms with E-state index in [1.165, 1.54) is 12.8 Å². The van der Waals surface area contributed by atoms with Crippen molar-refractivity contribution in [1.82, 2.24) is 15.3 Å². The molecule has 1 heterocycles. The minimum Gasteiger partial charge on any atom is -0.351 e. The third kappa shape index (κ3) is 2.84. The molecule has 1 aromatic heterocycles. The number of benzene rings is 1. The number of fused-ring (bicyclic) bond motifs is 1. The number of hydrogen-bond acceptors (Lipinski definition) is 3. The lowest BCUT2D eigenvalue weighted by Crippen LogP contribution is -2.30. The summed E-state index contributed by atoms with van der Waals surface area (Å²) in [5, 5.41) is 2.91. The van der Waals surface area contributed by atoms with Crippen LogP contribution in [0, 0.1) is 5.92 Å². The average Bonchev–Trinajstić information content (AvgIpc) is 3.28. The van der Waals surface area contributed by atoms with Crippen molar-refractivity contribution >= 4 is 28.5 Å². The lowest BCUT2D eigenvalue weighted by Gasteiger charge is -2.09. The van der Waals surface area contributed by atoms with Gasteiger partial charge in [0.25, 0.3) is 5.91 Å². The highest BCUT2D eigenvalue weighted by molar-refractivity contribution is 6.21. The smallest absolute Gasteiger partial charge is 0.251 e. The third-order valence-corrected chi connectivity index (χ3v) is 3.83. The summed E-state index contributed by atoms with van der Waals surface area (Å²) in [6, 6.07) is 5.31. The van der Waals surface area contributed by atoms with Gasteiger partial charge in [-0.3, -0.25) is 14.8 Å². The van der Waals surface area contributed by atoms with Crippen molar-refractivity contribution in [3.63, 3.8) is 0 Å². The Morgan fingerprint density at radius 2 is 2.05 bits per heavy atom. The van der Waals surface area contributed by atoms with Crippen molar-refractivity contribution < 1.29 is 4.79 Å².